The van der Waals surface area contributed by atoms with Crippen LogP contribution in [0.5, 0.6) is 5.75 Å². The van der Waals surface area contributed by atoms with Gasteiger partial charge in [0.15, 0.2) is 5.96 Å². The quantitative estimate of drug-likeness (QED) is 0.647. The maximum absolute atomic E-state index is 5.60. The van der Waals surface area contributed by atoms with Crippen LogP contribution in [0.25, 0.3) is 10.9 Å². The number of ether oxygens (including phenoxy) is 1. The van der Waals surface area contributed by atoms with Crippen LogP contribution in [-0.4, -0.2) is 29.6 Å². The predicted molar refractivity (Wildman–Crippen MR) is 76.6 cm³/mol. The predicted octanol–water partition coefficient (Wildman–Crippen LogP) is 1.69. The van der Waals surface area contributed by atoms with Crippen molar-refractivity contribution >= 4 is 22.8 Å². The van der Waals surface area contributed by atoms with Crippen LogP contribution in [0, 0.1) is 6.92 Å². The van der Waals surface area contributed by atoms with Gasteiger partial charge in [0.1, 0.15) is 5.75 Å². The van der Waals surface area contributed by atoms with Crippen LogP contribution in [0.3, 0.4) is 0 Å². The number of hydrogen-bond donors (Lipinski definition) is 2. The van der Waals surface area contributed by atoms with Crippen molar-refractivity contribution in [2.24, 2.45) is 10.7 Å². The summed E-state index contributed by atoms with van der Waals surface area (Å²) >= 11 is 0. The Labute approximate surface area is 111 Å². The van der Waals surface area contributed by atoms with Gasteiger partial charge in [-0.05, 0) is 32.0 Å². The zero-order valence-corrected chi connectivity index (χ0v) is 11.3. The first-order valence-electron chi connectivity index (χ1n) is 6.04. The molecule has 0 aliphatic rings. The lowest BCUT2D eigenvalue weighted by Crippen LogP contribution is -2.23. The first-order valence-corrected chi connectivity index (χ1v) is 6.04. The summed E-state index contributed by atoms with van der Waals surface area (Å²) in [6.07, 6.45) is 0. The molecule has 2 rings (SSSR count). The van der Waals surface area contributed by atoms with E-state index in [-0.39, 0.29) is 5.96 Å². The van der Waals surface area contributed by atoms with Gasteiger partial charge < -0.3 is 10.5 Å². The van der Waals surface area contributed by atoms with Crippen molar-refractivity contribution in [3.8, 4) is 5.75 Å². The van der Waals surface area contributed by atoms with Crippen molar-refractivity contribution in [3.05, 3.63) is 23.9 Å². The Bertz CT molecular complexity index is 624. The van der Waals surface area contributed by atoms with E-state index < -0.39 is 0 Å². The Kier molecular flexibility index (Phi) is 3.79. The monoisotopic (exact) mass is 259 g/mol. The number of nitrogens with zero attached hydrogens (tertiary/aromatic N) is 3. The Balaban J connectivity index is 2.44. The highest BCUT2D eigenvalue weighted by Gasteiger charge is 2.06. The second kappa shape index (κ2) is 5.51. The molecule has 0 amide bonds. The molecule has 0 radical (unpaired) electrons. The number of nitrogens with one attached hydrogen (secondary N) is 1. The molecular formula is C13H17N5O. The smallest absolute Gasteiger partial charge is 0.230 e. The lowest BCUT2D eigenvalue weighted by atomic mass is 10.2. The van der Waals surface area contributed by atoms with Crippen LogP contribution >= 0.6 is 0 Å². The van der Waals surface area contributed by atoms with Gasteiger partial charge in [0.2, 0.25) is 5.95 Å². The average Bonchev–Trinajstić information content (AvgIpc) is 2.40. The van der Waals surface area contributed by atoms with Crippen molar-refractivity contribution in [1.82, 2.24) is 9.97 Å². The highest BCUT2D eigenvalue weighted by atomic mass is 16.5. The Hall–Kier alpha value is -2.37. The molecule has 1 aromatic carbocycles. The molecule has 6 heteroatoms. The average molecular weight is 259 g/mol. The first kappa shape index (κ1) is 13.1. The van der Waals surface area contributed by atoms with Crippen LogP contribution in [0.2, 0.25) is 0 Å². The van der Waals surface area contributed by atoms with Crippen molar-refractivity contribution in [3.63, 3.8) is 0 Å². The van der Waals surface area contributed by atoms with E-state index in [1.807, 2.05) is 32.0 Å². The fourth-order valence-corrected chi connectivity index (χ4v) is 1.74. The summed E-state index contributed by atoms with van der Waals surface area (Å²) in [4.78, 5) is 12.6. The number of hydrogen-bond acceptors (Lipinski definition) is 4. The van der Waals surface area contributed by atoms with Gasteiger partial charge in [-0.15, -0.1) is 0 Å². The number of aryl methyl sites for hydroxylation is 1. The summed E-state index contributed by atoms with van der Waals surface area (Å²) in [7, 11) is 1.60. The van der Waals surface area contributed by atoms with Gasteiger partial charge in [-0.2, -0.15) is 0 Å². The highest BCUT2D eigenvalue weighted by molar-refractivity contribution is 5.92. The number of aliphatic imine (C=N–C) groups is 1. The molecule has 0 spiro atoms. The fraction of sp³-hybridized carbons (Fsp3) is 0.308. The molecule has 0 aliphatic heterocycles. The Morgan fingerprint density at radius 3 is 2.89 bits per heavy atom. The van der Waals surface area contributed by atoms with Crippen LogP contribution in [-0.2, 0) is 0 Å². The van der Waals surface area contributed by atoms with Gasteiger partial charge in [-0.3, -0.25) is 10.3 Å². The van der Waals surface area contributed by atoms with E-state index in [9.17, 15) is 0 Å². The maximum Gasteiger partial charge on any atom is 0.230 e. The van der Waals surface area contributed by atoms with Crippen LogP contribution in [0.15, 0.2) is 23.2 Å². The third kappa shape index (κ3) is 2.90. The van der Waals surface area contributed by atoms with Crippen molar-refractivity contribution in [2.45, 2.75) is 13.8 Å². The molecule has 0 aliphatic carbocycles. The largest absolute Gasteiger partial charge is 0.494 e. The summed E-state index contributed by atoms with van der Waals surface area (Å²) in [5.74, 6) is 1.54. The molecule has 0 saturated heterocycles. The van der Waals surface area contributed by atoms with Gasteiger partial charge in [-0.25, -0.2) is 9.97 Å². The first-order chi connectivity index (χ1) is 9.13. The molecule has 0 fully saturated rings. The normalized spacial score (nSPS) is 11.6. The van der Waals surface area contributed by atoms with Gasteiger partial charge in [0.25, 0.3) is 0 Å². The summed E-state index contributed by atoms with van der Waals surface area (Å²) in [5, 5.41) is 3.80. The number of aromatic nitrogens is 2. The molecule has 0 atom stereocenters. The molecule has 0 bridgehead atoms. The van der Waals surface area contributed by atoms with E-state index in [2.05, 4.69) is 20.3 Å². The van der Waals surface area contributed by atoms with Crippen LogP contribution in [0.1, 0.15) is 12.6 Å². The Morgan fingerprint density at radius 2 is 2.21 bits per heavy atom. The van der Waals surface area contributed by atoms with Gasteiger partial charge in [0, 0.05) is 12.4 Å². The number of benzene rings is 1. The summed E-state index contributed by atoms with van der Waals surface area (Å²) < 4.78 is 5.47. The second-order valence-electron chi connectivity index (χ2n) is 3.98. The standard InChI is InChI=1S/C13H17N5O/c1-4-19-9-5-6-11-10(7-9)8(2)16-13(17-11)18-12(14)15-3/h5-7H,4H2,1-3H3,(H3,14,15,16,17,18). The molecule has 19 heavy (non-hydrogen) atoms. The fourth-order valence-electron chi connectivity index (χ4n) is 1.74. The van der Waals surface area contributed by atoms with Gasteiger partial charge >= 0.3 is 0 Å². The molecular weight excluding hydrogens is 242 g/mol. The third-order valence-electron chi connectivity index (χ3n) is 2.65. The number of anilines is 1. The summed E-state index contributed by atoms with van der Waals surface area (Å²) in [6, 6.07) is 5.73. The van der Waals surface area contributed by atoms with E-state index in [4.69, 9.17) is 10.5 Å². The summed E-state index contributed by atoms with van der Waals surface area (Å²) in [5.41, 5.74) is 7.30. The van der Waals surface area contributed by atoms with Gasteiger partial charge in [0.05, 0.1) is 17.8 Å². The highest BCUT2D eigenvalue weighted by Crippen LogP contribution is 2.22. The van der Waals surface area contributed by atoms with E-state index in [1.165, 1.54) is 0 Å². The van der Waals surface area contributed by atoms with Crippen LogP contribution in [0.4, 0.5) is 5.95 Å². The molecule has 1 heterocycles. The van der Waals surface area contributed by atoms with Gasteiger partial charge in [-0.1, -0.05) is 0 Å². The topological polar surface area (TPSA) is 85.4 Å². The van der Waals surface area contributed by atoms with E-state index >= 15 is 0 Å². The zero-order valence-electron chi connectivity index (χ0n) is 11.3. The molecule has 3 N–H and O–H groups in total. The van der Waals surface area contributed by atoms with Crippen molar-refractivity contribution in [1.29, 1.82) is 0 Å². The SMILES string of the molecule is CCOc1ccc2nc(NC(N)=NC)nc(C)c2c1. The number of guanidine groups is 1. The molecule has 1 aromatic heterocycles. The number of rotatable bonds is 3. The summed E-state index contributed by atoms with van der Waals surface area (Å²) in [6.45, 7) is 4.51. The van der Waals surface area contributed by atoms with Crippen molar-refractivity contribution in [2.75, 3.05) is 19.0 Å². The lowest BCUT2D eigenvalue weighted by molar-refractivity contribution is 0.340. The van der Waals surface area contributed by atoms with Crippen molar-refractivity contribution < 1.29 is 4.74 Å². The Morgan fingerprint density at radius 1 is 1.42 bits per heavy atom. The number of fused-ring (bicyclic) bond motifs is 1. The van der Waals surface area contributed by atoms with E-state index in [1.54, 1.807) is 7.05 Å². The molecule has 0 saturated carbocycles. The molecule has 100 valence electrons. The third-order valence-corrected chi connectivity index (χ3v) is 2.65. The van der Waals surface area contributed by atoms with E-state index in [0.29, 0.717) is 12.6 Å². The minimum absolute atomic E-state index is 0.282. The molecule has 0 unspecified atom stereocenters. The number of nitrogens with two attached hydrogens (primary N) is 1. The second-order valence-corrected chi connectivity index (χ2v) is 3.98. The lowest BCUT2D eigenvalue weighted by Gasteiger charge is -2.09. The molecule has 2 aromatic rings. The van der Waals surface area contributed by atoms with Crippen LogP contribution < -0.4 is 15.8 Å². The molecule has 6 nitrogen and oxygen atoms in total. The minimum Gasteiger partial charge on any atom is -0.494 e. The van der Waals surface area contributed by atoms with E-state index in [0.717, 1.165) is 22.3 Å². The minimum atomic E-state index is 0.282. The zero-order chi connectivity index (χ0) is 13.8. The maximum atomic E-state index is 5.60.